The molecule has 1 saturated heterocycles. The fraction of sp³-hybridized carbons (Fsp3) is 0.333. The van der Waals surface area contributed by atoms with E-state index in [-0.39, 0.29) is 27.5 Å². The summed E-state index contributed by atoms with van der Waals surface area (Å²) < 4.78 is 25.3. The topological polar surface area (TPSA) is 57.6 Å². The second kappa shape index (κ2) is 7.54. The van der Waals surface area contributed by atoms with Crippen LogP contribution in [0.15, 0.2) is 47.4 Å². The summed E-state index contributed by atoms with van der Waals surface area (Å²) in [7, 11) is -3.51. The number of aromatic hydroxyl groups is 1. The van der Waals surface area contributed by atoms with Gasteiger partial charge in [0.05, 0.1) is 15.7 Å². The molecule has 0 spiro atoms. The SMILES string of the molecule is O=S(=O)(CCN1CCC[C@@H]1c1ccc(O)cc1)c1cc(Cl)ccc1Cl. The molecule has 0 bridgehead atoms. The van der Waals surface area contributed by atoms with Gasteiger partial charge in [-0.05, 0) is 55.3 Å². The molecule has 1 fully saturated rings. The fourth-order valence-electron chi connectivity index (χ4n) is 3.23. The van der Waals surface area contributed by atoms with E-state index in [9.17, 15) is 13.5 Å². The maximum atomic E-state index is 12.6. The molecule has 0 saturated carbocycles. The van der Waals surface area contributed by atoms with E-state index in [1.165, 1.54) is 12.1 Å². The largest absolute Gasteiger partial charge is 0.508 e. The van der Waals surface area contributed by atoms with Gasteiger partial charge in [-0.2, -0.15) is 0 Å². The Kier molecular flexibility index (Phi) is 5.58. The maximum Gasteiger partial charge on any atom is 0.181 e. The summed E-state index contributed by atoms with van der Waals surface area (Å²) >= 11 is 12.0. The molecule has 2 aromatic rings. The van der Waals surface area contributed by atoms with Crippen molar-refractivity contribution in [2.75, 3.05) is 18.8 Å². The molecule has 25 heavy (non-hydrogen) atoms. The molecule has 7 heteroatoms. The minimum Gasteiger partial charge on any atom is -0.508 e. The molecule has 4 nitrogen and oxygen atoms in total. The van der Waals surface area contributed by atoms with Gasteiger partial charge >= 0.3 is 0 Å². The molecule has 1 N–H and O–H groups in total. The molecular formula is C18H19Cl2NO3S. The Balaban J connectivity index is 1.73. The summed E-state index contributed by atoms with van der Waals surface area (Å²) in [4.78, 5) is 2.25. The lowest BCUT2D eigenvalue weighted by Gasteiger charge is -2.24. The number of likely N-dealkylation sites (tertiary alicyclic amines) is 1. The Morgan fingerprint density at radius 1 is 1.12 bits per heavy atom. The van der Waals surface area contributed by atoms with E-state index in [4.69, 9.17) is 23.2 Å². The molecule has 1 aliphatic heterocycles. The smallest absolute Gasteiger partial charge is 0.181 e. The number of phenolic OH excluding ortho intramolecular Hbond substituents is 1. The first-order chi connectivity index (χ1) is 11.9. The van der Waals surface area contributed by atoms with Crippen molar-refractivity contribution in [2.24, 2.45) is 0 Å². The van der Waals surface area contributed by atoms with Crippen LogP contribution in [0.3, 0.4) is 0 Å². The summed E-state index contributed by atoms with van der Waals surface area (Å²) in [6.07, 6.45) is 1.99. The molecule has 0 amide bonds. The van der Waals surface area contributed by atoms with E-state index in [2.05, 4.69) is 4.90 Å². The van der Waals surface area contributed by atoms with Crippen molar-refractivity contribution in [3.8, 4) is 5.75 Å². The highest BCUT2D eigenvalue weighted by Crippen LogP contribution is 2.33. The second-order valence-electron chi connectivity index (χ2n) is 6.18. The highest BCUT2D eigenvalue weighted by atomic mass is 35.5. The lowest BCUT2D eigenvalue weighted by molar-refractivity contribution is 0.272. The van der Waals surface area contributed by atoms with E-state index in [1.807, 2.05) is 12.1 Å². The van der Waals surface area contributed by atoms with Crippen molar-refractivity contribution in [1.29, 1.82) is 0 Å². The first-order valence-electron chi connectivity index (χ1n) is 8.07. The van der Waals surface area contributed by atoms with Gasteiger partial charge in [0.25, 0.3) is 0 Å². The van der Waals surface area contributed by atoms with Crippen molar-refractivity contribution in [2.45, 2.75) is 23.8 Å². The Bertz CT molecular complexity index is 853. The van der Waals surface area contributed by atoms with Gasteiger partial charge in [-0.15, -0.1) is 0 Å². The van der Waals surface area contributed by atoms with E-state index >= 15 is 0 Å². The Morgan fingerprint density at radius 3 is 2.56 bits per heavy atom. The van der Waals surface area contributed by atoms with Gasteiger partial charge < -0.3 is 5.11 Å². The molecule has 1 heterocycles. The van der Waals surface area contributed by atoms with Crippen LogP contribution in [0.4, 0.5) is 0 Å². The van der Waals surface area contributed by atoms with Crippen LogP contribution >= 0.6 is 23.2 Å². The maximum absolute atomic E-state index is 12.6. The molecule has 134 valence electrons. The van der Waals surface area contributed by atoms with Crippen LogP contribution in [0.1, 0.15) is 24.4 Å². The summed E-state index contributed by atoms with van der Waals surface area (Å²) in [5.74, 6) is 0.216. The van der Waals surface area contributed by atoms with Gasteiger partial charge in [-0.25, -0.2) is 8.42 Å². The van der Waals surface area contributed by atoms with Crippen LogP contribution in [-0.4, -0.2) is 37.3 Å². The van der Waals surface area contributed by atoms with Crippen LogP contribution < -0.4 is 0 Å². The number of rotatable bonds is 5. The quantitative estimate of drug-likeness (QED) is 0.813. The lowest BCUT2D eigenvalue weighted by atomic mass is 10.0. The molecule has 1 atom stereocenters. The third-order valence-corrected chi connectivity index (χ3v) is 6.92. The number of sulfone groups is 1. The summed E-state index contributed by atoms with van der Waals surface area (Å²) in [5.41, 5.74) is 1.09. The molecule has 0 radical (unpaired) electrons. The molecule has 0 aromatic heterocycles. The number of benzene rings is 2. The Morgan fingerprint density at radius 2 is 1.84 bits per heavy atom. The van der Waals surface area contributed by atoms with Gasteiger partial charge in [0.2, 0.25) is 0 Å². The van der Waals surface area contributed by atoms with E-state index < -0.39 is 9.84 Å². The van der Waals surface area contributed by atoms with Crippen molar-refractivity contribution in [1.82, 2.24) is 4.90 Å². The van der Waals surface area contributed by atoms with Gasteiger partial charge in [-0.1, -0.05) is 35.3 Å². The fourth-order valence-corrected chi connectivity index (χ4v) is 5.30. The lowest BCUT2D eigenvalue weighted by Crippen LogP contribution is -2.29. The number of hydrogen-bond donors (Lipinski definition) is 1. The second-order valence-corrected chi connectivity index (χ2v) is 9.10. The molecule has 2 aromatic carbocycles. The van der Waals surface area contributed by atoms with Crippen molar-refractivity contribution >= 4 is 33.0 Å². The number of phenols is 1. The normalized spacial score (nSPS) is 18.6. The minimum absolute atomic E-state index is 0.0123. The van der Waals surface area contributed by atoms with Gasteiger partial charge in [0.1, 0.15) is 5.75 Å². The average Bonchev–Trinajstić information content (AvgIpc) is 3.04. The number of halogens is 2. The highest BCUT2D eigenvalue weighted by Gasteiger charge is 2.28. The van der Waals surface area contributed by atoms with Crippen LogP contribution in [-0.2, 0) is 9.84 Å². The zero-order chi connectivity index (χ0) is 18.0. The summed E-state index contributed by atoms with van der Waals surface area (Å²) in [6, 6.07) is 11.8. The monoisotopic (exact) mass is 399 g/mol. The molecular weight excluding hydrogens is 381 g/mol. The summed E-state index contributed by atoms with van der Waals surface area (Å²) in [5, 5.41) is 9.98. The minimum atomic E-state index is -3.51. The number of nitrogens with zero attached hydrogens (tertiary/aromatic N) is 1. The predicted molar refractivity (Wildman–Crippen MR) is 100 cm³/mol. The van der Waals surface area contributed by atoms with Crippen molar-refractivity contribution in [3.05, 3.63) is 58.1 Å². The number of hydrogen-bond acceptors (Lipinski definition) is 4. The van der Waals surface area contributed by atoms with Gasteiger partial charge in [-0.3, -0.25) is 4.90 Å². The summed E-state index contributed by atoms with van der Waals surface area (Å²) in [6.45, 7) is 1.28. The zero-order valence-corrected chi connectivity index (χ0v) is 15.9. The van der Waals surface area contributed by atoms with Gasteiger partial charge in [0.15, 0.2) is 9.84 Å². The van der Waals surface area contributed by atoms with Crippen molar-refractivity contribution < 1.29 is 13.5 Å². The molecule has 0 unspecified atom stereocenters. The standard InChI is InChI=1S/C18H19Cl2NO3S/c19-14-5-8-16(20)18(12-14)25(23,24)11-10-21-9-1-2-17(21)13-3-6-15(22)7-4-13/h3-8,12,17,22H,1-2,9-11H2/t17-/m1/s1. The van der Waals surface area contributed by atoms with Crippen LogP contribution in [0.5, 0.6) is 5.75 Å². The third-order valence-electron chi connectivity index (χ3n) is 4.52. The third kappa shape index (κ3) is 4.29. The first-order valence-corrected chi connectivity index (χ1v) is 10.5. The van der Waals surface area contributed by atoms with E-state index in [1.54, 1.807) is 18.2 Å². The average molecular weight is 400 g/mol. The van der Waals surface area contributed by atoms with E-state index in [0.29, 0.717) is 11.6 Å². The first kappa shape index (κ1) is 18.5. The molecule has 3 rings (SSSR count). The van der Waals surface area contributed by atoms with Crippen LogP contribution in [0.2, 0.25) is 10.0 Å². The zero-order valence-electron chi connectivity index (χ0n) is 13.5. The van der Waals surface area contributed by atoms with Gasteiger partial charge in [0, 0.05) is 17.6 Å². The Hall–Kier alpha value is -1.27. The van der Waals surface area contributed by atoms with Crippen molar-refractivity contribution in [3.63, 3.8) is 0 Å². The molecule has 1 aliphatic rings. The predicted octanol–water partition coefficient (Wildman–Crippen LogP) is 4.31. The molecule has 0 aliphatic carbocycles. The highest BCUT2D eigenvalue weighted by molar-refractivity contribution is 7.91. The van der Waals surface area contributed by atoms with E-state index in [0.717, 1.165) is 24.9 Å². The van der Waals surface area contributed by atoms with Crippen LogP contribution in [0.25, 0.3) is 0 Å². The van der Waals surface area contributed by atoms with Crippen LogP contribution in [0, 0.1) is 0 Å². The Labute approximate surface area is 157 Å².